The van der Waals surface area contributed by atoms with Gasteiger partial charge in [0, 0.05) is 25.2 Å². The molecule has 0 aliphatic carbocycles. The minimum absolute atomic E-state index is 0.0612. The minimum atomic E-state index is -0.363. The van der Waals surface area contributed by atoms with Crippen LogP contribution < -0.4 is 15.0 Å². The van der Waals surface area contributed by atoms with E-state index < -0.39 is 0 Å². The van der Waals surface area contributed by atoms with Gasteiger partial charge in [-0.15, -0.1) is 0 Å². The van der Waals surface area contributed by atoms with Gasteiger partial charge in [-0.2, -0.15) is 0 Å². The topological polar surface area (TPSA) is 58.6 Å². The summed E-state index contributed by atoms with van der Waals surface area (Å²) in [5.41, 5.74) is 1.71. The maximum Gasteiger partial charge on any atom is 0.227 e. The van der Waals surface area contributed by atoms with Crippen LogP contribution in [0.15, 0.2) is 48.5 Å². The van der Waals surface area contributed by atoms with Crippen LogP contribution in [0.5, 0.6) is 5.75 Å². The quantitative estimate of drug-likeness (QED) is 0.865. The van der Waals surface area contributed by atoms with Crippen LogP contribution in [0.25, 0.3) is 0 Å². The predicted octanol–water partition coefficient (Wildman–Crippen LogP) is 2.55. The molecule has 0 saturated carbocycles. The highest BCUT2D eigenvalue weighted by molar-refractivity contribution is 6.00. The molecular formula is C20H21FN2O3. The van der Waals surface area contributed by atoms with Gasteiger partial charge in [-0.05, 0) is 48.4 Å². The van der Waals surface area contributed by atoms with Gasteiger partial charge in [0.15, 0.2) is 0 Å². The largest absolute Gasteiger partial charge is 0.497 e. The molecule has 1 aliphatic heterocycles. The maximum atomic E-state index is 12.9. The molecular weight excluding hydrogens is 335 g/mol. The van der Waals surface area contributed by atoms with Crippen LogP contribution >= 0.6 is 0 Å². The average molecular weight is 356 g/mol. The fourth-order valence-electron chi connectivity index (χ4n) is 3.02. The van der Waals surface area contributed by atoms with E-state index in [2.05, 4.69) is 5.32 Å². The molecule has 1 unspecified atom stereocenters. The fourth-order valence-corrected chi connectivity index (χ4v) is 3.02. The monoisotopic (exact) mass is 356 g/mol. The van der Waals surface area contributed by atoms with Crippen LogP contribution in [0.2, 0.25) is 0 Å². The van der Waals surface area contributed by atoms with Gasteiger partial charge >= 0.3 is 0 Å². The Morgan fingerprint density at radius 1 is 1.19 bits per heavy atom. The summed E-state index contributed by atoms with van der Waals surface area (Å²) in [6, 6.07) is 13.4. The average Bonchev–Trinajstić information content (AvgIpc) is 3.05. The van der Waals surface area contributed by atoms with Crippen LogP contribution in [-0.2, 0) is 16.0 Å². The number of carbonyl (C=O) groups is 2. The summed E-state index contributed by atoms with van der Waals surface area (Å²) < 4.78 is 18.0. The molecule has 6 heteroatoms. The second kappa shape index (κ2) is 7.99. The SMILES string of the molecule is COc1ccc(N2CC(C(=O)NCCc3ccc(F)cc3)CC2=O)cc1. The number of hydrogen-bond donors (Lipinski definition) is 1. The van der Waals surface area contributed by atoms with Gasteiger partial charge in [0.25, 0.3) is 0 Å². The van der Waals surface area contributed by atoms with Crippen molar-refractivity contribution >= 4 is 17.5 Å². The van der Waals surface area contributed by atoms with E-state index in [1.54, 1.807) is 36.3 Å². The lowest BCUT2D eigenvalue weighted by Crippen LogP contribution is -2.34. The number of anilines is 1. The first-order chi connectivity index (χ1) is 12.6. The first-order valence-electron chi connectivity index (χ1n) is 8.53. The van der Waals surface area contributed by atoms with E-state index in [0.717, 1.165) is 17.0 Å². The van der Waals surface area contributed by atoms with E-state index in [9.17, 15) is 14.0 Å². The number of methoxy groups -OCH3 is 1. The smallest absolute Gasteiger partial charge is 0.227 e. The molecule has 1 heterocycles. The molecule has 2 aromatic rings. The Kier molecular flexibility index (Phi) is 5.51. The van der Waals surface area contributed by atoms with Crippen molar-refractivity contribution < 1.29 is 18.7 Å². The molecule has 1 aliphatic rings. The summed E-state index contributed by atoms with van der Waals surface area (Å²) in [6.45, 7) is 0.825. The molecule has 1 saturated heterocycles. The lowest BCUT2D eigenvalue weighted by atomic mass is 10.1. The number of rotatable bonds is 6. The molecule has 0 aromatic heterocycles. The first kappa shape index (κ1) is 17.9. The zero-order valence-corrected chi connectivity index (χ0v) is 14.6. The summed E-state index contributed by atoms with van der Waals surface area (Å²) in [5.74, 6) is -0.112. The molecule has 136 valence electrons. The van der Waals surface area contributed by atoms with Crippen LogP contribution in [0.1, 0.15) is 12.0 Å². The lowest BCUT2D eigenvalue weighted by molar-refractivity contribution is -0.126. The standard InChI is InChI=1S/C20H21FN2O3/c1-26-18-8-6-17(7-9-18)23-13-15(12-19(23)24)20(25)22-11-10-14-2-4-16(21)5-3-14/h2-9,15H,10-13H2,1H3,(H,22,25). The summed E-state index contributed by atoms with van der Waals surface area (Å²) in [6.07, 6.45) is 0.823. The Bertz CT molecular complexity index is 775. The third kappa shape index (κ3) is 4.20. The maximum absolute atomic E-state index is 12.9. The molecule has 2 aromatic carbocycles. The van der Waals surface area contributed by atoms with Crippen molar-refractivity contribution in [3.05, 3.63) is 59.9 Å². The van der Waals surface area contributed by atoms with E-state index in [4.69, 9.17) is 4.74 Å². The zero-order valence-electron chi connectivity index (χ0n) is 14.6. The predicted molar refractivity (Wildman–Crippen MR) is 96.6 cm³/mol. The molecule has 0 radical (unpaired) electrons. The number of halogens is 1. The van der Waals surface area contributed by atoms with Crippen LogP contribution in [0.4, 0.5) is 10.1 Å². The number of ether oxygens (including phenoxy) is 1. The highest BCUT2D eigenvalue weighted by atomic mass is 19.1. The number of nitrogens with one attached hydrogen (secondary N) is 1. The van der Waals surface area contributed by atoms with E-state index in [1.165, 1.54) is 12.1 Å². The van der Waals surface area contributed by atoms with Crippen molar-refractivity contribution in [1.82, 2.24) is 5.32 Å². The van der Waals surface area contributed by atoms with Crippen LogP contribution in [0, 0.1) is 11.7 Å². The van der Waals surface area contributed by atoms with Gasteiger partial charge in [-0.3, -0.25) is 9.59 Å². The van der Waals surface area contributed by atoms with E-state index in [-0.39, 0.29) is 30.0 Å². The highest BCUT2D eigenvalue weighted by Crippen LogP contribution is 2.26. The molecule has 1 N–H and O–H groups in total. The fraction of sp³-hybridized carbons (Fsp3) is 0.300. The number of benzene rings is 2. The van der Waals surface area contributed by atoms with Crippen molar-refractivity contribution in [1.29, 1.82) is 0 Å². The number of amides is 2. The lowest BCUT2D eigenvalue weighted by Gasteiger charge is -2.17. The summed E-state index contributed by atoms with van der Waals surface area (Å²) >= 11 is 0. The Morgan fingerprint density at radius 3 is 2.54 bits per heavy atom. The molecule has 1 fully saturated rings. The summed E-state index contributed by atoms with van der Waals surface area (Å²) in [7, 11) is 1.59. The molecule has 1 atom stereocenters. The van der Waals surface area contributed by atoms with Gasteiger partial charge in [-0.25, -0.2) is 4.39 Å². The Morgan fingerprint density at radius 2 is 1.88 bits per heavy atom. The Hall–Kier alpha value is -2.89. The van der Waals surface area contributed by atoms with Gasteiger partial charge in [0.2, 0.25) is 11.8 Å². The van der Waals surface area contributed by atoms with Gasteiger partial charge in [0.05, 0.1) is 13.0 Å². The van der Waals surface area contributed by atoms with Crippen molar-refractivity contribution in [3.63, 3.8) is 0 Å². The molecule has 3 rings (SSSR count). The Balaban J connectivity index is 1.52. The second-order valence-electron chi connectivity index (χ2n) is 6.27. The van der Waals surface area contributed by atoms with Crippen LogP contribution in [-0.4, -0.2) is 32.0 Å². The highest BCUT2D eigenvalue weighted by Gasteiger charge is 2.34. The zero-order chi connectivity index (χ0) is 18.5. The van der Waals surface area contributed by atoms with Crippen LogP contribution in [0.3, 0.4) is 0 Å². The number of carbonyl (C=O) groups excluding carboxylic acids is 2. The molecule has 2 amide bonds. The molecule has 0 spiro atoms. The summed E-state index contributed by atoms with van der Waals surface area (Å²) in [4.78, 5) is 26.2. The number of nitrogens with zero attached hydrogens (tertiary/aromatic N) is 1. The van der Waals surface area contributed by atoms with Crippen molar-refractivity contribution in [2.24, 2.45) is 5.92 Å². The van der Waals surface area contributed by atoms with Gasteiger partial charge < -0.3 is 15.0 Å². The Labute approximate surface area is 151 Å². The van der Waals surface area contributed by atoms with Crippen molar-refractivity contribution in [2.45, 2.75) is 12.8 Å². The second-order valence-corrected chi connectivity index (χ2v) is 6.27. The first-order valence-corrected chi connectivity index (χ1v) is 8.53. The minimum Gasteiger partial charge on any atom is -0.497 e. The number of hydrogen-bond acceptors (Lipinski definition) is 3. The van der Waals surface area contributed by atoms with E-state index in [0.29, 0.717) is 19.5 Å². The summed E-state index contributed by atoms with van der Waals surface area (Å²) in [5, 5.41) is 2.87. The molecule has 5 nitrogen and oxygen atoms in total. The normalized spacial score (nSPS) is 16.6. The molecule has 0 bridgehead atoms. The van der Waals surface area contributed by atoms with Gasteiger partial charge in [-0.1, -0.05) is 12.1 Å². The third-order valence-corrected chi connectivity index (χ3v) is 4.51. The van der Waals surface area contributed by atoms with Gasteiger partial charge in [0.1, 0.15) is 11.6 Å². The van der Waals surface area contributed by atoms with Crippen molar-refractivity contribution in [3.8, 4) is 5.75 Å². The van der Waals surface area contributed by atoms with E-state index in [1.807, 2.05) is 12.1 Å². The van der Waals surface area contributed by atoms with Crippen molar-refractivity contribution in [2.75, 3.05) is 25.1 Å². The third-order valence-electron chi connectivity index (χ3n) is 4.51. The molecule has 26 heavy (non-hydrogen) atoms. The van der Waals surface area contributed by atoms with E-state index >= 15 is 0 Å².